The van der Waals surface area contributed by atoms with Gasteiger partial charge in [-0.2, -0.15) is 10.2 Å². The van der Waals surface area contributed by atoms with Crippen LogP contribution in [-0.2, 0) is 19.4 Å². The number of anilines is 1. The van der Waals surface area contributed by atoms with Gasteiger partial charge in [-0.25, -0.2) is 13.4 Å². The molecule has 2 aliphatic rings. The van der Waals surface area contributed by atoms with Crippen LogP contribution in [0.5, 0.6) is 0 Å². The van der Waals surface area contributed by atoms with Gasteiger partial charge in [0.25, 0.3) is 11.8 Å². The summed E-state index contributed by atoms with van der Waals surface area (Å²) >= 11 is 0. The minimum absolute atomic E-state index is 0.0456. The number of sulfone groups is 1. The number of benzene rings is 1. The van der Waals surface area contributed by atoms with E-state index < -0.39 is 15.7 Å². The van der Waals surface area contributed by atoms with Crippen molar-refractivity contribution in [3.63, 3.8) is 0 Å². The number of rotatable bonds is 4. The summed E-state index contributed by atoms with van der Waals surface area (Å²) in [5, 5.41) is 10.4. The monoisotopic (exact) mass is 524 g/mol. The fourth-order valence-corrected chi connectivity index (χ4v) is 6.40. The molecular formula is C25H28N6O5S. The second-order valence-corrected chi connectivity index (χ2v) is 11.3. The molecule has 1 atom stereocenters. The summed E-state index contributed by atoms with van der Waals surface area (Å²) in [5.41, 5.74) is 2.88. The molecule has 2 aliphatic heterocycles. The zero-order chi connectivity index (χ0) is 26.2. The van der Waals surface area contributed by atoms with Crippen LogP contribution in [-0.4, -0.2) is 70.3 Å². The van der Waals surface area contributed by atoms with Crippen LogP contribution in [0, 0.1) is 6.92 Å². The van der Waals surface area contributed by atoms with Crippen LogP contribution < -0.4 is 5.32 Å². The smallest absolute Gasteiger partial charge is 0.268 e. The van der Waals surface area contributed by atoms with Gasteiger partial charge < -0.3 is 14.2 Å². The maximum atomic E-state index is 13.5. The lowest BCUT2D eigenvalue weighted by atomic mass is 10.1. The number of nitrogens with one attached hydrogen (secondary N) is 1. The molecule has 11 nitrogen and oxygen atoms in total. The molecule has 5 rings (SSSR count). The number of para-hydroxylation sites is 1. The first-order valence-electron chi connectivity index (χ1n) is 12.2. The zero-order valence-corrected chi connectivity index (χ0v) is 21.5. The van der Waals surface area contributed by atoms with Crippen LogP contribution in [0.15, 0.2) is 47.3 Å². The summed E-state index contributed by atoms with van der Waals surface area (Å²) in [4.78, 5) is 32.5. The van der Waals surface area contributed by atoms with E-state index in [2.05, 4.69) is 15.5 Å². The molecule has 3 aromatic rings. The molecule has 37 heavy (non-hydrogen) atoms. The van der Waals surface area contributed by atoms with Gasteiger partial charge >= 0.3 is 0 Å². The third-order valence-corrected chi connectivity index (χ3v) is 8.57. The lowest BCUT2D eigenvalue weighted by Crippen LogP contribution is -2.40. The highest BCUT2D eigenvalue weighted by Gasteiger charge is 2.37. The maximum absolute atomic E-state index is 13.5. The Morgan fingerprint density at radius 2 is 1.97 bits per heavy atom. The van der Waals surface area contributed by atoms with Gasteiger partial charge in [0.1, 0.15) is 12.4 Å². The van der Waals surface area contributed by atoms with E-state index in [4.69, 9.17) is 9.72 Å². The average molecular weight is 525 g/mol. The number of fused-ring (bicyclic) bond motifs is 1. The minimum atomic E-state index is -3.72. The van der Waals surface area contributed by atoms with Crippen molar-refractivity contribution in [2.45, 2.75) is 39.2 Å². The quantitative estimate of drug-likeness (QED) is 0.550. The molecule has 0 spiro atoms. The van der Waals surface area contributed by atoms with Crippen LogP contribution in [0.1, 0.15) is 48.1 Å². The average Bonchev–Trinajstić information content (AvgIpc) is 3.06. The van der Waals surface area contributed by atoms with Gasteiger partial charge in [0.05, 0.1) is 40.8 Å². The molecule has 1 unspecified atom stereocenters. The zero-order valence-electron chi connectivity index (χ0n) is 20.7. The number of hydrogen-bond acceptors (Lipinski definition) is 8. The first-order valence-corrected chi connectivity index (χ1v) is 13.8. The highest BCUT2D eigenvalue weighted by molar-refractivity contribution is 7.96. The topological polar surface area (TPSA) is 136 Å². The summed E-state index contributed by atoms with van der Waals surface area (Å²) in [7, 11) is -3.72. The summed E-state index contributed by atoms with van der Waals surface area (Å²) in [6, 6.07) is 7.08. The molecule has 2 aromatic heterocycles. The Morgan fingerprint density at radius 3 is 2.73 bits per heavy atom. The van der Waals surface area contributed by atoms with Crippen molar-refractivity contribution in [3.05, 3.63) is 58.5 Å². The summed E-state index contributed by atoms with van der Waals surface area (Å²) in [6.07, 6.45) is 5.10. The largest absolute Gasteiger partial charge is 0.496 e. The number of aromatic nitrogens is 4. The Balaban J connectivity index is 1.53. The highest BCUT2D eigenvalue weighted by atomic mass is 32.2. The van der Waals surface area contributed by atoms with E-state index in [1.807, 2.05) is 29.7 Å². The molecule has 4 heterocycles. The van der Waals surface area contributed by atoms with Gasteiger partial charge in [0, 0.05) is 13.1 Å². The lowest BCUT2D eigenvalue weighted by Gasteiger charge is -2.29. The minimum Gasteiger partial charge on any atom is -0.496 e. The predicted octanol–water partition coefficient (Wildman–Crippen LogP) is 2.62. The van der Waals surface area contributed by atoms with Crippen molar-refractivity contribution in [1.82, 2.24) is 24.6 Å². The number of allylic oxidation sites excluding steroid dienone is 1. The first kappa shape index (κ1) is 24.9. The van der Waals surface area contributed by atoms with E-state index in [1.54, 1.807) is 11.0 Å². The van der Waals surface area contributed by atoms with E-state index in [-0.39, 0.29) is 41.5 Å². The Labute approximate surface area is 214 Å². The van der Waals surface area contributed by atoms with E-state index in [1.165, 1.54) is 19.3 Å². The fourth-order valence-electron chi connectivity index (χ4n) is 5.00. The molecule has 1 aromatic carbocycles. The lowest BCUT2D eigenvalue weighted by molar-refractivity contribution is -0.127. The number of imidazole rings is 1. The van der Waals surface area contributed by atoms with Gasteiger partial charge in [-0.1, -0.05) is 12.1 Å². The van der Waals surface area contributed by atoms with Gasteiger partial charge in [-0.15, -0.1) is 0 Å². The van der Waals surface area contributed by atoms with Gasteiger partial charge in [0.2, 0.25) is 5.95 Å². The van der Waals surface area contributed by atoms with Crippen molar-refractivity contribution in [3.8, 4) is 0 Å². The molecular weight excluding hydrogens is 496 g/mol. The van der Waals surface area contributed by atoms with E-state index in [0.29, 0.717) is 23.6 Å². The number of nitrogens with zero attached hydrogens (tertiary/aromatic N) is 5. The van der Waals surface area contributed by atoms with Crippen LogP contribution >= 0.6 is 0 Å². The number of hydrogen-bond donors (Lipinski definition) is 1. The number of aryl methyl sites for hydroxylation is 1. The Hall–Kier alpha value is -3.80. The molecule has 12 heteroatoms. The van der Waals surface area contributed by atoms with Gasteiger partial charge in [-0.05, 0) is 50.8 Å². The molecule has 0 bridgehead atoms. The van der Waals surface area contributed by atoms with Crippen molar-refractivity contribution in [2.75, 3.05) is 30.8 Å². The third-order valence-electron chi connectivity index (χ3n) is 6.78. The van der Waals surface area contributed by atoms with E-state index >= 15 is 0 Å². The standard InChI is InChI=1S/C25H28N6O5S/c1-16-6-5-8-20-21(16)31(25(28-20)29-23(32)18-9-10-26-27-14-18)19-7-3-4-11-30(15-19)24(33)22-17(2)36-12-13-37(22,34)35/h5-6,8-10,14,19H,3-4,7,11-13,15H2,1-2H3,(H,28,29,32). The Bertz CT molecular complexity index is 1500. The van der Waals surface area contributed by atoms with Crippen LogP contribution in [0.2, 0.25) is 0 Å². The van der Waals surface area contributed by atoms with Gasteiger partial charge in [0.15, 0.2) is 14.7 Å². The van der Waals surface area contributed by atoms with Crippen molar-refractivity contribution >= 4 is 38.6 Å². The summed E-state index contributed by atoms with van der Waals surface area (Å²) in [6.45, 7) is 4.23. The number of carbonyl (C=O) groups excluding carboxylic acids is 2. The van der Waals surface area contributed by atoms with Crippen molar-refractivity contribution in [1.29, 1.82) is 0 Å². The first-order chi connectivity index (χ1) is 17.8. The summed E-state index contributed by atoms with van der Waals surface area (Å²) in [5.74, 6) is -0.640. The molecule has 0 saturated carbocycles. The van der Waals surface area contributed by atoms with Crippen LogP contribution in [0.4, 0.5) is 5.95 Å². The van der Waals surface area contributed by atoms with Crippen LogP contribution in [0.3, 0.4) is 0 Å². The van der Waals surface area contributed by atoms with Crippen molar-refractivity contribution in [2.24, 2.45) is 0 Å². The second kappa shape index (κ2) is 9.92. The fraction of sp³-hybridized carbons (Fsp3) is 0.400. The van der Waals surface area contributed by atoms with E-state index in [9.17, 15) is 18.0 Å². The van der Waals surface area contributed by atoms with Crippen LogP contribution in [0.25, 0.3) is 11.0 Å². The number of ether oxygens (including phenoxy) is 1. The van der Waals surface area contributed by atoms with E-state index in [0.717, 1.165) is 30.3 Å². The predicted molar refractivity (Wildman–Crippen MR) is 136 cm³/mol. The number of carbonyl (C=O) groups is 2. The molecule has 1 saturated heterocycles. The maximum Gasteiger partial charge on any atom is 0.268 e. The SMILES string of the molecule is CC1=C(C(=O)N2CCCCC(n3c(NC(=O)c4ccnnc4)nc4cccc(C)c43)C2)S(=O)(=O)CCO1. The summed E-state index contributed by atoms with van der Waals surface area (Å²) < 4.78 is 32.9. The normalized spacial score (nSPS) is 19.8. The third kappa shape index (κ3) is 4.80. The Morgan fingerprint density at radius 1 is 1.14 bits per heavy atom. The second-order valence-electron chi connectivity index (χ2n) is 9.29. The van der Waals surface area contributed by atoms with Crippen molar-refractivity contribution < 1.29 is 22.7 Å². The molecule has 0 aliphatic carbocycles. The Kier molecular flexibility index (Phi) is 6.67. The molecule has 2 amide bonds. The molecule has 1 N–H and O–H groups in total. The number of amides is 2. The highest BCUT2D eigenvalue weighted by Crippen LogP contribution is 2.33. The molecule has 194 valence electrons. The van der Waals surface area contributed by atoms with Gasteiger partial charge in [-0.3, -0.25) is 14.9 Å². The number of likely N-dealkylation sites (tertiary alicyclic amines) is 1. The molecule has 1 fully saturated rings. The molecule has 0 radical (unpaired) electrons.